The molecule has 0 aliphatic carbocycles. The molecular weight excluding hydrogens is 357 g/mol. The molecule has 18 heavy (non-hydrogen) atoms. The van der Waals surface area contributed by atoms with Crippen LogP contribution < -0.4 is 0 Å². The molecule has 0 spiro atoms. The zero-order chi connectivity index (χ0) is 13.1. The van der Waals surface area contributed by atoms with Crippen molar-refractivity contribution in [2.75, 3.05) is 13.1 Å². The highest BCUT2D eigenvalue weighted by Crippen LogP contribution is 2.26. The third-order valence-electron chi connectivity index (χ3n) is 3.82. The molecule has 2 nitrogen and oxygen atoms in total. The first kappa shape index (κ1) is 14.3. The van der Waals surface area contributed by atoms with Gasteiger partial charge in [-0.25, -0.2) is 0 Å². The van der Waals surface area contributed by atoms with Gasteiger partial charge < -0.3 is 4.90 Å². The van der Waals surface area contributed by atoms with Crippen molar-refractivity contribution in [3.8, 4) is 0 Å². The van der Waals surface area contributed by atoms with E-state index in [-0.39, 0.29) is 5.91 Å². The van der Waals surface area contributed by atoms with Gasteiger partial charge in [0.2, 0.25) is 0 Å². The van der Waals surface area contributed by atoms with Crippen LogP contribution in [0.3, 0.4) is 0 Å². The molecule has 1 atom stereocenters. The summed E-state index contributed by atoms with van der Waals surface area (Å²) in [6.07, 6.45) is 3.57. The van der Waals surface area contributed by atoms with E-state index in [1.165, 1.54) is 9.30 Å². The molecule has 0 aromatic carbocycles. The number of amides is 1. The van der Waals surface area contributed by atoms with Crippen LogP contribution in [0.5, 0.6) is 0 Å². The van der Waals surface area contributed by atoms with Crippen LogP contribution in [0.15, 0.2) is 11.4 Å². The standard InChI is InChI=1S/C14H20INOS/c1-10(2)11-4-3-6-16(7-5-11)14(17)12-8-13(15)18-9-12/h8-11H,3-7H2,1-2H3. The number of halogens is 1. The van der Waals surface area contributed by atoms with E-state index in [1.54, 1.807) is 11.3 Å². The van der Waals surface area contributed by atoms with Gasteiger partial charge in [0.05, 0.1) is 8.45 Å². The topological polar surface area (TPSA) is 20.3 Å². The van der Waals surface area contributed by atoms with Crippen LogP contribution in [0, 0.1) is 14.7 Å². The second-order valence-corrected chi connectivity index (χ2v) is 8.17. The average Bonchev–Trinajstić information content (AvgIpc) is 2.63. The Morgan fingerprint density at radius 1 is 1.44 bits per heavy atom. The Bertz CT molecular complexity index is 416. The predicted octanol–water partition coefficient (Wildman–Crippen LogP) is 4.25. The summed E-state index contributed by atoms with van der Waals surface area (Å²) in [6, 6.07) is 2.00. The lowest BCUT2D eigenvalue weighted by Crippen LogP contribution is -2.31. The third-order valence-corrected chi connectivity index (χ3v) is 5.61. The Morgan fingerprint density at radius 3 is 2.83 bits per heavy atom. The lowest BCUT2D eigenvalue weighted by molar-refractivity contribution is 0.0759. The van der Waals surface area contributed by atoms with Gasteiger partial charge >= 0.3 is 0 Å². The van der Waals surface area contributed by atoms with Gasteiger partial charge in [-0.2, -0.15) is 0 Å². The highest BCUT2D eigenvalue weighted by atomic mass is 127. The van der Waals surface area contributed by atoms with E-state index in [0.717, 1.165) is 43.3 Å². The van der Waals surface area contributed by atoms with Gasteiger partial charge in [-0.05, 0) is 59.8 Å². The quantitative estimate of drug-likeness (QED) is 0.706. The Labute approximate surface area is 127 Å². The number of carbonyl (C=O) groups excluding carboxylic acids is 1. The highest BCUT2D eigenvalue weighted by Gasteiger charge is 2.23. The van der Waals surface area contributed by atoms with E-state index in [9.17, 15) is 4.79 Å². The minimum absolute atomic E-state index is 0.221. The number of likely N-dealkylation sites (tertiary alicyclic amines) is 1. The molecule has 2 rings (SSSR count). The van der Waals surface area contributed by atoms with Gasteiger partial charge in [-0.15, -0.1) is 11.3 Å². The molecule has 100 valence electrons. The van der Waals surface area contributed by atoms with E-state index in [2.05, 4.69) is 36.4 Å². The SMILES string of the molecule is CC(C)C1CCCN(C(=O)c2csc(I)c2)CC1. The lowest BCUT2D eigenvalue weighted by atomic mass is 9.89. The maximum Gasteiger partial charge on any atom is 0.254 e. The van der Waals surface area contributed by atoms with Crippen molar-refractivity contribution in [3.63, 3.8) is 0 Å². The average molecular weight is 377 g/mol. The molecule has 1 unspecified atom stereocenters. The number of thiophene rings is 1. The zero-order valence-electron chi connectivity index (χ0n) is 11.0. The summed E-state index contributed by atoms with van der Waals surface area (Å²) in [4.78, 5) is 14.4. The maximum absolute atomic E-state index is 12.4. The summed E-state index contributed by atoms with van der Waals surface area (Å²) >= 11 is 3.92. The molecule has 1 amide bonds. The van der Waals surface area contributed by atoms with E-state index >= 15 is 0 Å². The molecule has 0 bridgehead atoms. The number of rotatable bonds is 2. The molecule has 1 aromatic heterocycles. The van der Waals surface area contributed by atoms with Gasteiger partial charge in [-0.1, -0.05) is 13.8 Å². The molecule has 0 N–H and O–H groups in total. The molecule has 0 saturated carbocycles. The van der Waals surface area contributed by atoms with Gasteiger partial charge in [0, 0.05) is 18.5 Å². The van der Waals surface area contributed by atoms with E-state index < -0.39 is 0 Å². The van der Waals surface area contributed by atoms with E-state index in [4.69, 9.17) is 0 Å². The Morgan fingerprint density at radius 2 is 2.22 bits per heavy atom. The Balaban J connectivity index is 1.99. The van der Waals surface area contributed by atoms with Crippen LogP contribution in [0.2, 0.25) is 0 Å². The molecule has 1 aromatic rings. The normalized spacial score (nSPS) is 21.1. The monoisotopic (exact) mass is 377 g/mol. The fourth-order valence-corrected chi connectivity index (χ4v) is 3.92. The van der Waals surface area contributed by atoms with Crippen LogP contribution in [-0.2, 0) is 0 Å². The molecule has 1 fully saturated rings. The van der Waals surface area contributed by atoms with Crippen molar-refractivity contribution in [2.24, 2.45) is 11.8 Å². The molecular formula is C14H20INOS. The first-order valence-corrected chi connectivity index (χ1v) is 8.57. The Hall–Kier alpha value is -0.100. The van der Waals surface area contributed by atoms with Crippen molar-refractivity contribution in [1.82, 2.24) is 4.90 Å². The molecule has 1 aliphatic rings. The number of nitrogens with zero attached hydrogens (tertiary/aromatic N) is 1. The van der Waals surface area contributed by atoms with Crippen LogP contribution in [0.25, 0.3) is 0 Å². The number of hydrogen-bond donors (Lipinski definition) is 0. The predicted molar refractivity (Wildman–Crippen MR) is 85.1 cm³/mol. The van der Waals surface area contributed by atoms with Crippen LogP contribution in [-0.4, -0.2) is 23.9 Å². The van der Waals surface area contributed by atoms with E-state index in [0.29, 0.717) is 0 Å². The highest BCUT2D eigenvalue weighted by molar-refractivity contribution is 14.1. The summed E-state index contributed by atoms with van der Waals surface area (Å²) in [5.41, 5.74) is 0.868. The van der Waals surface area contributed by atoms with Crippen LogP contribution in [0.1, 0.15) is 43.5 Å². The molecule has 4 heteroatoms. The van der Waals surface area contributed by atoms with Gasteiger partial charge in [-0.3, -0.25) is 4.79 Å². The third kappa shape index (κ3) is 3.47. The fraction of sp³-hybridized carbons (Fsp3) is 0.643. The second-order valence-electron chi connectivity index (χ2n) is 5.37. The summed E-state index contributed by atoms with van der Waals surface area (Å²) in [6.45, 7) is 6.44. The van der Waals surface area contributed by atoms with Crippen molar-refractivity contribution in [1.29, 1.82) is 0 Å². The summed E-state index contributed by atoms with van der Waals surface area (Å²) in [5.74, 6) is 1.74. The largest absolute Gasteiger partial charge is 0.339 e. The van der Waals surface area contributed by atoms with Gasteiger partial charge in [0.1, 0.15) is 0 Å². The molecule has 0 radical (unpaired) electrons. The van der Waals surface area contributed by atoms with Gasteiger partial charge in [0.25, 0.3) is 5.91 Å². The first-order chi connectivity index (χ1) is 8.58. The number of carbonyl (C=O) groups is 1. The summed E-state index contributed by atoms with van der Waals surface area (Å²) < 4.78 is 1.19. The van der Waals surface area contributed by atoms with Crippen LogP contribution in [0.4, 0.5) is 0 Å². The maximum atomic E-state index is 12.4. The molecule has 2 heterocycles. The van der Waals surface area contributed by atoms with Crippen molar-refractivity contribution < 1.29 is 4.79 Å². The lowest BCUT2D eigenvalue weighted by Gasteiger charge is -2.21. The van der Waals surface area contributed by atoms with Gasteiger partial charge in [0.15, 0.2) is 0 Å². The fourth-order valence-electron chi connectivity index (χ4n) is 2.60. The zero-order valence-corrected chi connectivity index (χ0v) is 14.0. The van der Waals surface area contributed by atoms with Crippen molar-refractivity contribution in [2.45, 2.75) is 33.1 Å². The van der Waals surface area contributed by atoms with Crippen LogP contribution >= 0.6 is 33.9 Å². The smallest absolute Gasteiger partial charge is 0.254 e. The summed E-state index contributed by atoms with van der Waals surface area (Å²) in [5, 5.41) is 1.98. The molecule has 1 aliphatic heterocycles. The second kappa shape index (κ2) is 6.37. The van der Waals surface area contributed by atoms with Crippen molar-refractivity contribution in [3.05, 3.63) is 19.9 Å². The molecule has 1 saturated heterocycles. The van der Waals surface area contributed by atoms with E-state index in [1.807, 2.05) is 16.3 Å². The minimum Gasteiger partial charge on any atom is -0.339 e. The Kier molecular flexibility index (Phi) is 5.06. The number of hydrogen-bond acceptors (Lipinski definition) is 2. The summed E-state index contributed by atoms with van der Waals surface area (Å²) in [7, 11) is 0. The minimum atomic E-state index is 0.221. The van der Waals surface area contributed by atoms with Crippen molar-refractivity contribution >= 4 is 39.8 Å². The first-order valence-electron chi connectivity index (χ1n) is 6.61.